The van der Waals surface area contributed by atoms with E-state index in [-0.39, 0.29) is 22.8 Å². The van der Waals surface area contributed by atoms with E-state index in [1.165, 1.54) is 18.5 Å². The fourth-order valence-electron chi connectivity index (χ4n) is 2.16. The van der Waals surface area contributed by atoms with Gasteiger partial charge in [-0.1, -0.05) is 17.9 Å². The molecule has 0 bridgehead atoms. The minimum Gasteiger partial charge on any atom is -0.872 e. The summed E-state index contributed by atoms with van der Waals surface area (Å²) in [4.78, 5) is 26.3. The van der Waals surface area contributed by atoms with Gasteiger partial charge in [-0.05, 0) is 35.9 Å². The van der Waals surface area contributed by atoms with E-state index in [1.807, 2.05) is 0 Å². The molecule has 0 aliphatic heterocycles. The largest absolute Gasteiger partial charge is 0.872 e. The van der Waals surface area contributed by atoms with Crippen molar-refractivity contribution in [1.29, 1.82) is 0 Å². The maximum atomic E-state index is 12.0. The van der Waals surface area contributed by atoms with Crippen molar-refractivity contribution >= 4 is 29.2 Å². The maximum absolute atomic E-state index is 12.0. The van der Waals surface area contributed by atoms with Crippen LogP contribution in [0.15, 0.2) is 70.3 Å². The Balaban J connectivity index is 1.78. The minimum atomic E-state index is -0.582. The zero-order valence-electron chi connectivity index (χ0n) is 13.3. The number of nitrogens with one attached hydrogen (secondary N) is 1. The van der Waals surface area contributed by atoms with Crippen LogP contribution in [-0.4, -0.2) is 17.0 Å². The number of nitro groups is 1. The normalized spacial score (nSPS) is 10.8. The monoisotopic (exact) mass is 350 g/mol. The lowest BCUT2D eigenvalue weighted by molar-refractivity contribution is -0.385. The van der Waals surface area contributed by atoms with Crippen molar-refractivity contribution in [2.45, 2.75) is 0 Å². The molecule has 0 unspecified atom stereocenters. The second-order valence-electron chi connectivity index (χ2n) is 5.22. The van der Waals surface area contributed by atoms with Gasteiger partial charge in [-0.3, -0.25) is 19.9 Å². The average Bonchev–Trinajstić information content (AvgIpc) is 3.16. The van der Waals surface area contributed by atoms with Crippen LogP contribution in [0.3, 0.4) is 0 Å². The van der Waals surface area contributed by atoms with Crippen molar-refractivity contribution in [1.82, 2.24) is 0 Å². The molecular weight excluding hydrogens is 338 g/mol. The fraction of sp³-hybridized carbons (Fsp3) is 0. The van der Waals surface area contributed by atoms with E-state index in [2.05, 4.69) is 10.3 Å². The Morgan fingerprint density at radius 3 is 2.73 bits per heavy atom. The second kappa shape index (κ2) is 7.31. The number of nitrogens with zero attached hydrogens (tertiary/aromatic N) is 2. The Bertz CT molecular complexity index is 980. The van der Waals surface area contributed by atoms with Crippen molar-refractivity contribution < 1.29 is 19.2 Å². The molecule has 0 aliphatic carbocycles. The lowest BCUT2D eigenvalue weighted by Crippen LogP contribution is -2.10. The van der Waals surface area contributed by atoms with Gasteiger partial charge in [0.15, 0.2) is 5.76 Å². The van der Waals surface area contributed by atoms with Crippen LogP contribution in [-0.2, 0) is 0 Å². The lowest BCUT2D eigenvalue weighted by Gasteiger charge is -2.08. The van der Waals surface area contributed by atoms with E-state index < -0.39 is 10.8 Å². The smallest absolute Gasteiger partial charge is 0.291 e. The molecule has 0 atom stereocenters. The first kappa shape index (κ1) is 16.9. The van der Waals surface area contributed by atoms with Gasteiger partial charge in [-0.25, -0.2) is 0 Å². The van der Waals surface area contributed by atoms with Gasteiger partial charge in [-0.15, -0.1) is 0 Å². The van der Waals surface area contributed by atoms with Gasteiger partial charge < -0.3 is 14.8 Å². The summed E-state index contributed by atoms with van der Waals surface area (Å²) in [5.74, 6) is -0.607. The molecule has 130 valence electrons. The summed E-state index contributed by atoms with van der Waals surface area (Å²) in [5, 5.41) is 25.2. The van der Waals surface area contributed by atoms with E-state index >= 15 is 0 Å². The van der Waals surface area contributed by atoms with Crippen LogP contribution < -0.4 is 10.4 Å². The first-order chi connectivity index (χ1) is 12.5. The molecule has 0 fully saturated rings. The van der Waals surface area contributed by atoms with Gasteiger partial charge in [-0.2, -0.15) is 0 Å². The Labute approximate surface area is 147 Å². The number of amides is 1. The number of nitro benzene ring substituents is 1. The number of hydrogen-bond donors (Lipinski definition) is 1. The van der Waals surface area contributed by atoms with Crippen molar-refractivity contribution in [2.24, 2.45) is 4.99 Å². The molecule has 1 N–H and O–H groups in total. The highest BCUT2D eigenvalue weighted by Gasteiger charge is 2.09. The quantitative estimate of drug-likeness (QED) is 0.430. The van der Waals surface area contributed by atoms with Crippen molar-refractivity contribution in [3.63, 3.8) is 0 Å². The predicted molar refractivity (Wildman–Crippen MR) is 92.9 cm³/mol. The van der Waals surface area contributed by atoms with E-state index in [1.54, 1.807) is 30.3 Å². The summed E-state index contributed by atoms with van der Waals surface area (Å²) < 4.78 is 5.02. The molecule has 8 nitrogen and oxygen atoms in total. The molecule has 3 rings (SSSR count). The first-order valence-electron chi connectivity index (χ1n) is 7.47. The molecular formula is C18H12N3O5-. The number of rotatable bonds is 5. The van der Waals surface area contributed by atoms with Gasteiger partial charge in [0.05, 0.1) is 16.9 Å². The first-order valence-corrected chi connectivity index (χ1v) is 7.47. The molecule has 0 spiro atoms. The van der Waals surface area contributed by atoms with Gasteiger partial charge in [0.1, 0.15) is 0 Å². The summed E-state index contributed by atoms with van der Waals surface area (Å²) in [6, 6.07) is 13.2. The number of carbonyl (C=O) groups excluding carboxylic acids is 1. The molecule has 1 amide bonds. The van der Waals surface area contributed by atoms with Crippen LogP contribution in [0.25, 0.3) is 0 Å². The second-order valence-corrected chi connectivity index (χ2v) is 5.22. The zero-order valence-corrected chi connectivity index (χ0v) is 13.3. The topological polar surface area (TPSA) is 121 Å². The summed E-state index contributed by atoms with van der Waals surface area (Å²) in [7, 11) is 0. The van der Waals surface area contributed by atoms with Crippen LogP contribution in [0.1, 0.15) is 16.1 Å². The Hall–Kier alpha value is -3.94. The van der Waals surface area contributed by atoms with Crippen LogP contribution in [0.2, 0.25) is 0 Å². The fourth-order valence-corrected chi connectivity index (χ4v) is 2.16. The van der Waals surface area contributed by atoms with Crippen molar-refractivity contribution in [2.75, 3.05) is 5.32 Å². The van der Waals surface area contributed by atoms with E-state index in [0.29, 0.717) is 11.4 Å². The Morgan fingerprint density at radius 1 is 1.15 bits per heavy atom. The zero-order chi connectivity index (χ0) is 18.5. The highest BCUT2D eigenvalue weighted by Crippen LogP contribution is 2.22. The molecule has 2 aromatic carbocycles. The molecule has 26 heavy (non-hydrogen) atoms. The van der Waals surface area contributed by atoms with Crippen LogP contribution in [0.5, 0.6) is 5.75 Å². The molecule has 0 aliphatic rings. The third-order valence-electron chi connectivity index (χ3n) is 3.41. The van der Waals surface area contributed by atoms with E-state index in [4.69, 9.17) is 4.42 Å². The Kier molecular flexibility index (Phi) is 4.75. The SMILES string of the molecule is O=C(Nc1cccc(N=Cc2cc([N+](=O)[O-])ccc2[O-])c1)c1ccco1. The van der Waals surface area contributed by atoms with Gasteiger partial charge >= 0.3 is 0 Å². The van der Waals surface area contributed by atoms with Crippen LogP contribution >= 0.6 is 0 Å². The number of aliphatic imine (C=N–C) groups is 1. The lowest BCUT2D eigenvalue weighted by atomic mass is 10.2. The van der Waals surface area contributed by atoms with E-state index in [9.17, 15) is 20.0 Å². The van der Waals surface area contributed by atoms with Gasteiger partial charge in [0.25, 0.3) is 11.6 Å². The number of hydrogen-bond acceptors (Lipinski definition) is 6. The molecule has 0 saturated heterocycles. The van der Waals surface area contributed by atoms with Gasteiger partial charge in [0.2, 0.25) is 0 Å². The summed E-state index contributed by atoms with van der Waals surface area (Å²) >= 11 is 0. The Morgan fingerprint density at radius 2 is 2.00 bits per heavy atom. The third kappa shape index (κ3) is 3.93. The molecule has 0 radical (unpaired) electrons. The summed E-state index contributed by atoms with van der Waals surface area (Å²) in [5.41, 5.74) is 0.866. The number of carbonyl (C=O) groups is 1. The summed E-state index contributed by atoms with van der Waals surface area (Å²) in [6.07, 6.45) is 2.65. The standard InChI is InChI=1S/C18H13N3O5/c22-16-7-6-15(21(24)25)9-12(16)11-19-13-3-1-4-14(10-13)20-18(23)17-5-2-8-26-17/h1-11,22H,(H,20,23)/p-1. The number of non-ortho nitro benzene ring substituents is 1. The summed E-state index contributed by atoms with van der Waals surface area (Å²) in [6.45, 7) is 0. The molecule has 3 aromatic rings. The number of benzene rings is 2. The molecule has 1 heterocycles. The molecule has 1 aromatic heterocycles. The highest BCUT2D eigenvalue weighted by molar-refractivity contribution is 6.02. The number of anilines is 1. The third-order valence-corrected chi connectivity index (χ3v) is 3.41. The van der Waals surface area contributed by atoms with Crippen molar-refractivity contribution in [3.05, 3.63) is 82.3 Å². The van der Waals surface area contributed by atoms with Gasteiger partial charge in [0, 0.05) is 24.0 Å². The maximum Gasteiger partial charge on any atom is 0.291 e. The number of furan rings is 1. The average molecular weight is 350 g/mol. The molecule has 0 saturated carbocycles. The van der Waals surface area contributed by atoms with Crippen LogP contribution in [0.4, 0.5) is 17.1 Å². The van der Waals surface area contributed by atoms with E-state index in [0.717, 1.165) is 18.2 Å². The van der Waals surface area contributed by atoms with Crippen LogP contribution in [0, 0.1) is 10.1 Å². The minimum absolute atomic E-state index is 0.101. The highest BCUT2D eigenvalue weighted by atomic mass is 16.6. The van der Waals surface area contributed by atoms with Crippen molar-refractivity contribution in [3.8, 4) is 5.75 Å². The predicted octanol–water partition coefficient (Wildman–Crippen LogP) is 3.26. The molecule has 8 heteroatoms.